The second kappa shape index (κ2) is 7.31. The Hall–Kier alpha value is -1.17. The molecule has 18 heavy (non-hydrogen) atoms. The van der Waals surface area contributed by atoms with Gasteiger partial charge < -0.3 is 10.0 Å². The third-order valence-electron chi connectivity index (χ3n) is 3.54. The van der Waals surface area contributed by atoms with Crippen molar-refractivity contribution in [2.75, 3.05) is 26.7 Å². The smallest absolute Gasteiger partial charge is 0.290 e. The lowest BCUT2D eigenvalue weighted by molar-refractivity contribution is -0.137. The second-order valence-corrected chi connectivity index (χ2v) is 4.74. The third-order valence-corrected chi connectivity index (χ3v) is 3.54. The van der Waals surface area contributed by atoms with Crippen LogP contribution in [0, 0.1) is 0 Å². The number of nitrogens with zero attached hydrogens (tertiary/aromatic N) is 2. The van der Waals surface area contributed by atoms with Crippen LogP contribution in [-0.4, -0.2) is 66.2 Å². The first-order valence-electron chi connectivity index (χ1n) is 6.31. The highest BCUT2D eigenvalue weighted by atomic mass is 19.1. The van der Waals surface area contributed by atoms with Crippen LogP contribution in [0.3, 0.4) is 0 Å². The number of hydrogen-bond acceptors (Lipinski definition) is 3. The van der Waals surface area contributed by atoms with Crippen molar-refractivity contribution in [1.82, 2.24) is 9.80 Å². The summed E-state index contributed by atoms with van der Waals surface area (Å²) in [5.41, 5.74) is 0. The molecule has 2 heterocycles. The maximum absolute atomic E-state index is 12.9. The van der Waals surface area contributed by atoms with Gasteiger partial charge in [-0.3, -0.25) is 14.5 Å². The average Bonchev–Trinajstić information content (AvgIpc) is 2.77. The predicted octanol–water partition coefficient (Wildman–Crippen LogP) is 0.742. The van der Waals surface area contributed by atoms with E-state index in [1.807, 2.05) is 11.9 Å². The average molecular weight is 260 g/mol. The zero-order chi connectivity index (χ0) is 13.5. The first-order chi connectivity index (χ1) is 8.60. The zero-order valence-corrected chi connectivity index (χ0v) is 10.7. The van der Waals surface area contributed by atoms with E-state index in [2.05, 4.69) is 4.90 Å². The standard InChI is InChI=1S/C11H19FN2O.CH2O2/c1-13-6-2-3-10(13)11(15)14-7-4-9(12)5-8-14;2-1-3/h9-10H,2-8H2,1H3;1H,(H,2,3)/t10-;/m0./s1. The number of amides is 1. The van der Waals surface area contributed by atoms with E-state index in [0.717, 1.165) is 19.4 Å². The van der Waals surface area contributed by atoms with Crippen molar-refractivity contribution in [3.8, 4) is 0 Å². The topological polar surface area (TPSA) is 60.9 Å². The maximum atomic E-state index is 12.9. The maximum Gasteiger partial charge on any atom is 0.290 e. The molecular formula is C12H21FN2O3. The summed E-state index contributed by atoms with van der Waals surface area (Å²) in [6.07, 6.45) is 2.40. The van der Waals surface area contributed by atoms with E-state index < -0.39 is 6.17 Å². The van der Waals surface area contributed by atoms with Crippen molar-refractivity contribution in [3.05, 3.63) is 0 Å². The lowest BCUT2D eigenvalue weighted by Crippen LogP contribution is -2.47. The quantitative estimate of drug-likeness (QED) is 0.706. The number of carboxylic acid groups (broad SMARTS) is 1. The van der Waals surface area contributed by atoms with E-state index in [0.29, 0.717) is 25.9 Å². The molecule has 0 aromatic carbocycles. The van der Waals surface area contributed by atoms with E-state index >= 15 is 0 Å². The van der Waals surface area contributed by atoms with Crippen LogP contribution in [0.2, 0.25) is 0 Å². The first-order valence-corrected chi connectivity index (χ1v) is 6.31. The first kappa shape index (κ1) is 14.9. The molecule has 5 nitrogen and oxygen atoms in total. The van der Waals surface area contributed by atoms with Crippen LogP contribution in [-0.2, 0) is 9.59 Å². The molecule has 0 unspecified atom stereocenters. The molecule has 1 atom stereocenters. The number of hydrogen-bond donors (Lipinski definition) is 1. The van der Waals surface area contributed by atoms with Gasteiger partial charge in [-0.15, -0.1) is 0 Å². The summed E-state index contributed by atoms with van der Waals surface area (Å²) >= 11 is 0. The largest absolute Gasteiger partial charge is 0.483 e. The Kier molecular flexibility index (Phi) is 6.04. The van der Waals surface area contributed by atoms with Gasteiger partial charge in [0.1, 0.15) is 6.17 Å². The van der Waals surface area contributed by atoms with Crippen molar-refractivity contribution in [1.29, 1.82) is 0 Å². The number of alkyl halides is 1. The van der Waals surface area contributed by atoms with E-state index in [1.54, 1.807) is 0 Å². The highest BCUT2D eigenvalue weighted by molar-refractivity contribution is 5.82. The van der Waals surface area contributed by atoms with Gasteiger partial charge in [-0.2, -0.15) is 0 Å². The minimum atomic E-state index is -0.699. The SMILES string of the molecule is CN1CCC[C@H]1C(=O)N1CCC(F)CC1.O=CO. The fourth-order valence-electron chi connectivity index (χ4n) is 2.50. The molecule has 0 aromatic rings. The fraction of sp³-hybridized carbons (Fsp3) is 0.833. The van der Waals surface area contributed by atoms with E-state index in [4.69, 9.17) is 9.90 Å². The molecule has 1 amide bonds. The molecule has 0 spiro atoms. The highest BCUT2D eigenvalue weighted by Gasteiger charge is 2.32. The van der Waals surface area contributed by atoms with Gasteiger partial charge in [0.2, 0.25) is 5.91 Å². The van der Waals surface area contributed by atoms with Gasteiger partial charge in [0, 0.05) is 13.1 Å². The molecule has 0 bridgehead atoms. The number of piperidine rings is 1. The molecule has 0 aromatic heterocycles. The lowest BCUT2D eigenvalue weighted by atomic mass is 10.1. The molecule has 2 saturated heterocycles. The molecule has 2 aliphatic heterocycles. The van der Waals surface area contributed by atoms with Crippen LogP contribution in [0.5, 0.6) is 0 Å². The van der Waals surface area contributed by atoms with Crippen LogP contribution < -0.4 is 0 Å². The molecule has 1 N–H and O–H groups in total. The van der Waals surface area contributed by atoms with Crippen molar-refractivity contribution in [2.24, 2.45) is 0 Å². The Morgan fingerprint density at radius 3 is 2.28 bits per heavy atom. The van der Waals surface area contributed by atoms with Crippen molar-refractivity contribution >= 4 is 12.4 Å². The van der Waals surface area contributed by atoms with Gasteiger partial charge in [-0.1, -0.05) is 0 Å². The summed E-state index contributed by atoms with van der Waals surface area (Å²) in [5, 5.41) is 6.89. The monoisotopic (exact) mass is 260 g/mol. The number of halogens is 1. The summed E-state index contributed by atoms with van der Waals surface area (Å²) in [5.74, 6) is 0.210. The van der Waals surface area contributed by atoms with Crippen LogP contribution in [0.4, 0.5) is 4.39 Å². The Morgan fingerprint density at radius 1 is 1.28 bits per heavy atom. The van der Waals surface area contributed by atoms with E-state index in [-0.39, 0.29) is 18.4 Å². The summed E-state index contributed by atoms with van der Waals surface area (Å²) in [7, 11) is 2.00. The van der Waals surface area contributed by atoms with Crippen LogP contribution in [0.25, 0.3) is 0 Å². The molecule has 2 fully saturated rings. The summed E-state index contributed by atoms with van der Waals surface area (Å²) in [4.78, 5) is 24.4. The van der Waals surface area contributed by atoms with Gasteiger partial charge >= 0.3 is 0 Å². The molecule has 0 aliphatic carbocycles. The number of carbonyl (C=O) groups excluding carboxylic acids is 1. The van der Waals surface area contributed by atoms with Crippen LogP contribution >= 0.6 is 0 Å². The number of rotatable bonds is 1. The Bertz CT molecular complexity index is 280. The number of likely N-dealkylation sites (tertiary alicyclic amines) is 2. The van der Waals surface area contributed by atoms with Crippen molar-refractivity contribution in [2.45, 2.75) is 37.9 Å². The van der Waals surface area contributed by atoms with Gasteiger partial charge in [0.05, 0.1) is 6.04 Å². The third kappa shape index (κ3) is 3.94. The molecule has 2 aliphatic rings. The van der Waals surface area contributed by atoms with Gasteiger partial charge in [0.25, 0.3) is 6.47 Å². The Labute approximate surface area is 107 Å². The second-order valence-electron chi connectivity index (χ2n) is 4.74. The normalized spacial score (nSPS) is 25.4. The summed E-state index contributed by atoms with van der Waals surface area (Å²) in [6.45, 7) is 1.96. The van der Waals surface area contributed by atoms with Gasteiger partial charge in [-0.05, 0) is 39.3 Å². The summed E-state index contributed by atoms with van der Waals surface area (Å²) in [6, 6.07) is 0.0566. The molecule has 0 radical (unpaired) electrons. The van der Waals surface area contributed by atoms with E-state index in [1.165, 1.54) is 0 Å². The van der Waals surface area contributed by atoms with Crippen molar-refractivity contribution in [3.63, 3.8) is 0 Å². The molecule has 6 heteroatoms. The predicted molar refractivity (Wildman–Crippen MR) is 65.1 cm³/mol. The molecule has 0 saturated carbocycles. The zero-order valence-electron chi connectivity index (χ0n) is 10.7. The van der Waals surface area contributed by atoms with Gasteiger partial charge in [-0.25, -0.2) is 4.39 Å². The Morgan fingerprint density at radius 2 is 1.83 bits per heavy atom. The fourth-order valence-corrected chi connectivity index (χ4v) is 2.50. The number of likely N-dealkylation sites (N-methyl/N-ethyl adjacent to an activating group) is 1. The van der Waals surface area contributed by atoms with Crippen LogP contribution in [0.1, 0.15) is 25.7 Å². The summed E-state index contributed by atoms with van der Waals surface area (Å²) < 4.78 is 12.9. The minimum absolute atomic E-state index is 0.0566. The highest BCUT2D eigenvalue weighted by Crippen LogP contribution is 2.20. The lowest BCUT2D eigenvalue weighted by Gasteiger charge is -2.32. The Balaban J connectivity index is 0.000000492. The molecule has 104 valence electrons. The van der Waals surface area contributed by atoms with Crippen LogP contribution in [0.15, 0.2) is 0 Å². The van der Waals surface area contributed by atoms with E-state index in [9.17, 15) is 9.18 Å². The number of carbonyl (C=O) groups is 2. The molecule has 2 rings (SSSR count). The molecular weight excluding hydrogens is 239 g/mol. The minimum Gasteiger partial charge on any atom is -0.483 e. The van der Waals surface area contributed by atoms with Gasteiger partial charge in [0.15, 0.2) is 0 Å². The van der Waals surface area contributed by atoms with Crippen molar-refractivity contribution < 1.29 is 19.1 Å².